The van der Waals surface area contributed by atoms with E-state index in [4.69, 9.17) is 23.2 Å². The first-order valence-corrected chi connectivity index (χ1v) is 15.8. The molecule has 2 heterocycles. The van der Waals surface area contributed by atoms with Gasteiger partial charge in [-0.25, -0.2) is 0 Å². The number of carbonyl (C=O) groups is 1. The molecule has 5 aromatic rings. The molecule has 2 aromatic heterocycles. The van der Waals surface area contributed by atoms with E-state index >= 15 is 0 Å². The first kappa shape index (κ1) is 31.8. The van der Waals surface area contributed by atoms with Crippen LogP contribution in [0.2, 0.25) is 10.0 Å². The van der Waals surface area contributed by atoms with Crippen LogP contribution in [-0.4, -0.2) is 37.5 Å². The molecule has 0 aliphatic rings. The van der Waals surface area contributed by atoms with Crippen LogP contribution in [0.4, 0.5) is 8.78 Å². The number of rotatable bonds is 11. The second-order valence-corrected chi connectivity index (χ2v) is 11.9. The Morgan fingerprint density at radius 2 is 1.61 bits per heavy atom. The predicted octanol–water partition coefficient (Wildman–Crippen LogP) is 9.35. The van der Waals surface area contributed by atoms with Crippen molar-refractivity contribution in [1.29, 1.82) is 0 Å². The molecule has 0 aliphatic carbocycles. The number of alkyl halides is 2. The van der Waals surface area contributed by atoms with Crippen molar-refractivity contribution >= 4 is 40.7 Å². The number of benzene rings is 3. The van der Waals surface area contributed by atoms with Gasteiger partial charge in [0.25, 0.3) is 0 Å². The monoisotopic (exact) mass is 654 g/mol. The summed E-state index contributed by atoms with van der Waals surface area (Å²) in [6.07, 6.45) is 1.58. The van der Waals surface area contributed by atoms with Crippen LogP contribution >= 0.6 is 35.0 Å². The minimum absolute atomic E-state index is 0.0677. The summed E-state index contributed by atoms with van der Waals surface area (Å²) < 4.78 is 33.6. The average Bonchev–Trinajstić information content (AvgIpc) is 3.55. The van der Waals surface area contributed by atoms with Gasteiger partial charge in [-0.05, 0) is 86.3 Å². The molecule has 0 bridgehead atoms. The lowest BCUT2D eigenvalue weighted by molar-refractivity contribution is -0.0498. The number of thioether (sulfide) groups is 1. The average molecular weight is 656 g/mol. The number of carbonyl (C=O) groups excluding carboxylic acids is 1. The SMILES string of the molecule is CCc1cccc(CC)c1-n1c(SCC(=O)c2cc(C)n(-c3ccc(OC(F)F)cc3)c2C)nnc1-c1ccc(Cl)cc1Cl. The molecule has 44 heavy (non-hydrogen) atoms. The molecule has 5 rings (SSSR count). The molecular weight excluding hydrogens is 625 g/mol. The zero-order valence-corrected chi connectivity index (χ0v) is 26.9. The molecule has 0 unspecified atom stereocenters. The summed E-state index contributed by atoms with van der Waals surface area (Å²) in [5.41, 5.74) is 6.80. The molecule has 0 radical (unpaired) electrons. The summed E-state index contributed by atoms with van der Waals surface area (Å²) in [5.74, 6) is 0.674. The Morgan fingerprint density at radius 1 is 0.932 bits per heavy atom. The molecule has 0 saturated carbocycles. The minimum Gasteiger partial charge on any atom is -0.435 e. The summed E-state index contributed by atoms with van der Waals surface area (Å²) in [6, 6.07) is 19.7. The van der Waals surface area contributed by atoms with Crippen molar-refractivity contribution in [3.05, 3.63) is 105 Å². The predicted molar refractivity (Wildman–Crippen MR) is 173 cm³/mol. The van der Waals surface area contributed by atoms with E-state index in [0.29, 0.717) is 32.2 Å². The lowest BCUT2D eigenvalue weighted by Gasteiger charge is -2.18. The number of hydrogen-bond donors (Lipinski definition) is 0. The van der Waals surface area contributed by atoms with Crippen molar-refractivity contribution in [3.8, 4) is 28.5 Å². The van der Waals surface area contributed by atoms with Crippen molar-refractivity contribution < 1.29 is 18.3 Å². The molecule has 6 nitrogen and oxygen atoms in total. The maximum Gasteiger partial charge on any atom is 0.387 e. The van der Waals surface area contributed by atoms with Crippen molar-refractivity contribution in [2.45, 2.75) is 52.3 Å². The molecule has 11 heteroatoms. The number of Topliss-reactive ketones (excluding diaryl/α,β-unsaturated/α-hetero) is 1. The first-order valence-electron chi connectivity index (χ1n) is 14.0. The number of nitrogens with zero attached hydrogens (tertiary/aromatic N) is 4. The maximum absolute atomic E-state index is 13.6. The normalized spacial score (nSPS) is 11.4. The number of halogens is 4. The van der Waals surface area contributed by atoms with Crippen LogP contribution in [0.1, 0.15) is 46.7 Å². The fraction of sp³-hybridized carbons (Fsp3) is 0.242. The summed E-state index contributed by atoms with van der Waals surface area (Å²) in [7, 11) is 0. The van der Waals surface area contributed by atoms with Gasteiger partial charge in [-0.15, -0.1) is 10.2 Å². The van der Waals surface area contributed by atoms with Crippen molar-refractivity contribution in [2.24, 2.45) is 0 Å². The topological polar surface area (TPSA) is 61.9 Å². The van der Waals surface area contributed by atoms with E-state index < -0.39 is 6.61 Å². The third-order valence-corrected chi connectivity index (χ3v) is 8.85. The molecule has 228 valence electrons. The van der Waals surface area contributed by atoms with E-state index in [1.165, 1.54) is 23.9 Å². The van der Waals surface area contributed by atoms with E-state index in [9.17, 15) is 13.6 Å². The fourth-order valence-electron chi connectivity index (χ4n) is 5.34. The summed E-state index contributed by atoms with van der Waals surface area (Å²) in [4.78, 5) is 13.6. The lowest BCUT2D eigenvalue weighted by atomic mass is 10.0. The summed E-state index contributed by atoms with van der Waals surface area (Å²) >= 11 is 14.1. The smallest absolute Gasteiger partial charge is 0.387 e. The van der Waals surface area contributed by atoms with Gasteiger partial charge in [-0.1, -0.05) is 67.0 Å². The molecule has 0 saturated heterocycles. The zero-order chi connectivity index (χ0) is 31.5. The van der Waals surface area contributed by atoms with E-state index in [1.54, 1.807) is 24.3 Å². The number of aryl methyl sites for hydroxylation is 3. The van der Waals surface area contributed by atoms with Gasteiger partial charge in [0.05, 0.1) is 16.5 Å². The van der Waals surface area contributed by atoms with Gasteiger partial charge in [-0.2, -0.15) is 8.78 Å². The standard InChI is InChI=1S/C33H30Cl2F2N4O2S/c1-5-21-8-7-9-22(6-2)30(21)41-31(26-15-10-23(34)17-28(26)35)38-39-33(41)44-18-29(42)27-16-19(3)40(20(27)4)24-11-13-25(14-12-24)43-32(36)37/h7-17,32H,5-6,18H2,1-4H3. The third-order valence-electron chi connectivity index (χ3n) is 7.38. The van der Waals surface area contributed by atoms with Crippen molar-refractivity contribution in [2.75, 3.05) is 5.75 Å². The van der Waals surface area contributed by atoms with Gasteiger partial charge in [0, 0.05) is 33.2 Å². The van der Waals surface area contributed by atoms with Gasteiger partial charge < -0.3 is 9.30 Å². The van der Waals surface area contributed by atoms with Crippen molar-refractivity contribution in [1.82, 2.24) is 19.3 Å². The second-order valence-electron chi connectivity index (χ2n) is 10.1. The second kappa shape index (κ2) is 13.5. The molecule has 3 aromatic carbocycles. The molecule has 0 N–H and O–H groups in total. The quantitative estimate of drug-likeness (QED) is 0.105. The van der Waals surface area contributed by atoms with Crippen LogP contribution in [0.25, 0.3) is 22.8 Å². The van der Waals surface area contributed by atoms with Crippen LogP contribution in [0.5, 0.6) is 5.75 Å². The van der Waals surface area contributed by atoms with E-state index in [-0.39, 0.29) is 17.3 Å². The Bertz CT molecular complexity index is 1800. The number of para-hydroxylation sites is 1. The largest absolute Gasteiger partial charge is 0.435 e. The Hall–Kier alpha value is -3.66. The van der Waals surface area contributed by atoms with Crippen LogP contribution in [0.15, 0.2) is 71.9 Å². The molecule has 0 atom stereocenters. The van der Waals surface area contributed by atoms with Gasteiger partial charge >= 0.3 is 6.61 Å². The summed E-state index contributed by atoms with van der Waals surface area (Å²) in [5, 5.41) is 10.6. The van der Waals surface area contributed by atoms with E-state index in [1.807, 2.05) is 41.2 Å². The molecule has 0 amide bonds. The van der Waals surface area contributed by atoms with Crippen LogP contribution < -0.4 is 4.74 Å². The third kappa shape index (κ3) is 6.41. The molecule has 0 spiro atoms. The Labute approximate surface area is 269 Å². The van der Waals surface area contributed by atoms with E-state index in [0.717, 1.165) is 46.7 Å². The van der Waals surface area contributed by atoms with Crippen LogP contribution in [0.3, 0.4) is 0 Å². The fourth-order valence-corrected chi connectivity index (χ4v) is 6.65. The Balaban J connectivity index is 1.49. The first-order chi connectivity index (χ1) is 21.1. The van der Waals surface area contributed by atoms with Gasteiger partial charge in [0.15, 0.2) is 16.8 Å². The lowest BCUT2D eigenvalue weighted by Crippen LogP contribution is -2.09. The van der Waals surface area contributed by atoms with Gasteiger partial charge in [0.1, 0.15) is 5.75 Å². The zero-order valence-electron chi connectivity index (χ0n) is 24.6. The van der Waals surface area contributed by atoms with Crippen molar-refractivity contribution in [3.63, 3.8) is 0 Å². The minimum atomic E-state index is -2.90. The van der Waals surface area contributed by atoms with E-state index in [2.05, 4.69) is 40.9 Å². The Kier molecular flexibility index (Phi) is 9.78. The highest BCUT2D eigenvalue weighted by atomic mass is 35.5. The number of ether oxygens (including phenoxy) is 1. The molecule has 0 aliphatic heterocycles. The highest BCUT2D eigenvalue weighted by Crippen LogP contribution is 2.36. The maximum atomic E-state index is 13.6. The number of aromatic nitrogens is 4. The van der Waals surface area contributed by atoms with Crippen LogP contribution in [0, 0.1) is 13.8 Å². The number of hydrogen-bond acceptors (Lipinski definition) is 5. The highest BCUT2D eigenvalue weighted by Gasteiger charge is 2.24. The summed E-state index contributed by atoms with van der Waals surface area (Å²) in [6.45, 7) is 5.06. The molecular formula is C33H30Cl2F2N4O2S. The number of ketones is 1. The van der Waals surface area contributed by atoms with Crippen LogP contribution in [-0.2, 0) is 12.8 Å². The molecule has 0 fully saturated rings. The van der Waals surface area contributed by atoms with Gasteiger partial charge in [0.2, 0.25) is 0 Å². The Morgan fingerprint density at radius 3 is 2.23 bits per heavy atom. The highest BCUT2D eigenvalue weighted by molar-refractivity contribution is 7.99. The van der Waals surface area contributed by atoms with Gasteiger partial charge in [-0.3, -0.25) is 9.36 Å².